The summed E-state index contributed by atoms with van der Waals surface area (Å²) in [5.41, 5.74) is 1.86. The molecule has 1 amide bonds. The molecule has 1 aliphatic heterocycles. The van der Waals surface area contributed by atoms with Crippen molar-refractivity contribution in [3.05, 3.63) is 34.9 Å². The van der Waals surface area contributed by atoms with Crippen molar-refractivity contribution in [3.63, 3.8) is 0 Å². The maximum atomic E-state index is 12.1. The van der Waals surface area contributed by atoms with Crippen LogP contribution in [0.3, 0.4) is 0 Å². The number of benzene rings is 1. The number of phenols is 1. The fourth-order valence-electron chi connectivity index (χ4n) is 4.15. The van der Waals surface area contributed by atoms with Gasteiger partial charge in [-0.05, 0) is 49.8 Å². The van der Waals surface area contributed by atoms with Crippen molar-refractivity contribution in [1.29, 1.82) is 5.26 Å². The lowest BCUT2D eigenvalue weighted by atomic mass is 9.66. The Hall–Kier alpha value is -2.48. The van der Waals surface area contributed by atoms with Crippen molar-refractivity contribution in [1.82, 2.24) is 5.32 Å². The first-order valence-electron chi connectivity index (χ1n) is 8.99. The summed E-state index contributed by atoms with van der Waals surface area (Å²) in [5.74, 6) is 0.692. The van der Waals surface area contributed by atoms with E-state index in [4.69, 9.17) is 10.00 Å². The maximum Gasteiger partial charge on any atom is 0.259 e. The highest BCUT2D eigenvalue weighted by molar-refractivity contribution is 5.94. The van der Waals surface area contributed by atoms with Crippen molar-refractivity contribution in [3.8, 4) is 17.7 Å². The summed E-state index contributed by atoms with van der Waals surface area (Å²) in [4.78, 5) is 12.1. The van der Waals surface area contributed by atoms with Crippen LogP contribution in [0.15, 0.2) is 23.8 Å². The molecular weight excluding hydrogens is 328 g/mol. The Bertz CT molecular complexity index is 825. The van der Waals surface area contributed by atoms with Gasteiger partial charge in [-0.1, -0.05) is 26.8 Å². The number of carbonyl (C=O) groups excluding carboxylic acids is 1. The number of aromatic hydroxyl groups is 1. The van der Waals surface area contributed by atoms with Crippen LogP contribution < -0.4 is 10.1 Å². The SMILES string of the molecule is CC(C)(C)c1cc(O)c2c(c1)OC(C)(C)[C@@H]1CC=C(C(=O)NC#N)C[C@@H]21. The van der Waals surface area contributed by atoms with Crippen LogP contribution in [0.25, 0.3) is 0 Å². The molecule has 5 heteroatoms. The monoisotopic (exact) mass is 354 g/mol. The summed E-state index contributed by atoms with van der Waals surface area (Å²) in [5, 5.41) is 21.7. The van der Waals surface area contributed by atoms with Crippen molar-refractivity contribution in [2.45, 2.75) is 64.4 Å². The largest absolute Gasteiger partial charge is 0.508 e. The average Bonchev–Trinajstić information content (AvgIpc) is 2.52. The molecule has 0 aromatic heterocycles. The average molecular weight is 354 g/mol. The zero-order chi connectivity index (χ0) is 19.3. The lowest BCUT2D eigenvalue weighted by Crippen LogP contribution is -2.46. The number of rotatable bonds is 1. The Morgan fingerprint density at radius 2 is 2.08 bits per heavy atom. The molecule has 2 aliphatic rings. The van der Waals surface area contributed by atoms with Crippen LogP contribution in [0, 0.1) is 17.4 Å². The lowest BCUT2D eigenvalue weighted by molar-refractivity contribution is -0.117. The molecule has 2 atom stereocenters. The minimum atomic E-state index is -0.408. The first kappa shape index (κ1) is 18.3. The second-order valence-electron chi connectivity index (χ2n) is 8.81. The van der Waals surface area contributed by atoms with E-state index in [1.165, 1.54) is 0 Å². The first-order chi connectivity index (χ1) is 12.0. The van der Waals surface area contributed by atoms with Gasteiger partial charge in [0.05, 0.1) is 0 Å². The van der Waals surface area contributed by atoms with Crippen LogP contribution in [0.5, 0.6) is 11.5 Å². The van der Waals surface area contributed by atoms with Crippen LogP contribution >= 0.6 is 0 Å². The van der Waals surface area contributed by atoms with Gasteiger partial charge in [-0.2, -0.15) is 5.26 Å². The van der Waals surface area contributed by atoms with E-state index in [2.05, 4.69) is 39.9 Å². The van der Waals surface area contributed by atoms with Gasteiger partial charge in [0.15, 0.2) is 6.19 Å². The quantitative estimate of drug-likeness (QED) is 0.592. The van der Waals surface area contributed by atoms with Gasteiger partial charge in [0.1, 0.15) is 17.1 Å². The van der Waals surface area contributed by atoms with Gasteiger partial charge in [-0.3, -0.25) is 10.1 Å². The van der Waals surface area contributed by atoms with E-state index in [0.29, 0.717) is 24.2 Å². The zero-order valence-electron chi connectivity index (χ0n) is 16.0. The summed E-state index contributed by atoms with van der Waals surface area (Å²) in [6, 6.07) is 3.82. The number of phenolic OH excluding ortho intramolecular Hbond substituents is 1. The van der Waals surface area contributed by atoms with Gasteiger partial charge in [-0.25, -0.2) is 0 Å². The third-order valence-corrected chi connectivity index (χ3v) is 5.63. The number of nitrogens with one attached hydrogen (secondary N) is 1. The van der Waals surface area contributed by atoms with E-state index in [1.54, 1.807) is 6.19 Å². The van der Waals surface area contributed by atoms with Gasteiger partial charge in [-0.15, -0.1) is 0 Å². The predicted molar refractivity (Wildman–Crippen MR) is 98.8 cm³/mol. The predicted octanol–water partition coefficient (Wildman–Crippen LogP) is 3.88. The van der Waals surface area contributed by atoms with E-state index < -0.39 is 5.60 Å². The third-order valence-electron chi connectivity index (χ3n) is 5.63. The lowest BCUT2D eigenvalue weighted by Gasteiger charge is -2.47. The molecule has 3 rings (SSSR count). The number of amides is 1. The number of ether oxygens (including phenoxy) is 1. The molecule has 0 radical (unpaired) electrons. The Morgan fingerprint density at radius 3 is 2.69 bits per heavy atom. The van der Waals surface area contributed by atoms with Gasteiger partial charge in [0, 0.05) is 23.0 Å². The maximum absolute atomic E-state index is 12.1. The van der Waals surface area contributed by atoms with Crippen molar-refractivity contribution in [2.24, 2.45) is 5.92 Å². The number of nitrogens with zero attached hydrogens (tertiary/aromatic N) is 1. The van der Waals surface area contributed by atoms with Crippen LogP contribution in [0.1, 0.15) is 64.5 Å². The highest BCUT2D eigenvalue weighted by atomic mass is 16.5. The summed E-state index contributed by atoms with van der Waals surface area (Å²) < 4.78 is 6.31. The van der Waals surface area contributed by atoms with Crippen LogP contribution in [-0.4, -0.2) is 16.6 Å². The molecule has 0 bridgehead atoms. The van der Waals surface area contributed by atoms with Crippen molar-refractivity contribution >= 4 is 5.91 Å². The third kappa shape index (κ3) is 3.05. The van der Waals surface area contributed by atoms with E-state index in [0.717, 1.165) is 11.1 Å². The summed E-state index contributed by atoms with van der Waals surface area (Å²) in [6.07, 6.45) is 4.75. The number of nitriles is 1. The standard InChI is InChI=1S/C21H26N2O3/c1-20(2,3)13-9-16(24)18-14-8-12(19(25)23-11-22)6-7-15(14)21(4,5)26-17(18)10-13/h6,9-10,14-15,24H,7-8H2,1-5H3,(H,23,25)/t14-,15-/m1/s1. The Morgan fingerprint density at radius 1 is 1.38 bits per heavy atom. The fourth-order valence-corrected chi connectivity index (χ4v) is 4.15. The van der Waals surface area contributed by atoms with Gasteiger partial charge >= 0.3 is 0 Å². The van der Waals surface area contributed by atoms with E-state index in [9.17, 15) is 9.90 Å². The van der Waals surface area contributed by atoms with Crippen LogP contribution in [0.2, 0.25) is 0 Å². The topological polar surface area (TPSA) is 82.3 Å². The van der Waals surface area contributed by atoms with Gasteiger partial charge in [0.2, 0.25) is 0 Å². The minimum absolute atomic E-state index is 0.0211. The number of carbonyl (C=O) groups is 1. The molecule has 1 heterocycles. The van der Waals surface area contributed by atoms with E-state index >= 15 is 0 Å². The molecule has 5 nitrogen and oxygen atoms in total. The number of hydrogen-bond acceptors (Lipinski definition) is 4. The van der Waals surface area contributed by atoms with Crippen LogP contribution in [0.4, 0.5) is 0 Å². The minimum Gasteiger partial charge on any atom is -0.508 e. The summed E-state index contributed by atoms with van der Waals surface area (Å²) in [6.45, 7) is 10.4. The zero-order valence-corrected chi connectivity index (χ0v) is 16.0. The van der Waals surface area contributed by atoms with Gasteiger partial charge < -0.3 is 9.84 Å². The van der Waals surface area contributed by atoms with Crippen molar-refractivity contribution < 1.29 is 14.6 Å². The number of hydrogen-bond donors (Lipinski definition) is 2. The molecule has 26 heavy (non-hydrogen) atoms. The molecule has 1 aliphatic carbocycles. The smallest absolute Gasteiger partial charge is 0.259 e. The van der Waals surface area contributed by atoms with E-state index in [1.807, 2.05) is 18.2 Å². The number of fused-ring (bicyclic) bond motifs is 3. The van der Waals surface area contributed by atoms with E-state index in [-0.39, 0.29) is 28.9 Å². The molecule has 0 spiro atoms. The molecule has 0 unspecified atom stereocenters. The van der Waals surface area contributed by atoms with Crippen LogP contribution in [-0.2, 0) is 10.2 Å². The molecule has 1 aromatic carbocycles. The fraction of sp³-hybridized carbons (Fsp3) is 0.524. The Labute approximate surface area is 154 Å². The molecular formula is C21H26N2O3. The van der Waals surface area contributed by atoms with Gasteiger partial charge in [0.25, 0.3) is 5.91 Å². The normalized spacial score (nSPS) is 23.6. The van der Waals surface area contributed by atoms with Crippen molar-refractivity contribution in [2.75, 3.05) is 0 Å². The molecule has 0 saturated heterocycles. The first-order valence-corrected chi connectivity index (χ1v) is 8.99. The molecule has 0 saturated carbocycles. The molecule has 1 aromatic rings. The Kier molecular flexibility index (Phi) is 4.26. The Balaban J connectivity index is 2.08. The highest BCUT2D eigenvalue weighted by Crippen LogP contribution is 2.54. The summed E-state index contributed by atoms with van der Waals surface area (Å²) >= 11 is 0. The molecule has 2 N–H and O–H groups in total. The highest BCUT2D eigenvalue weighted by Gasteiger charge is 2.47. The second-order valence-corrected chi connectivity index (χ2v) is 8.81. The summed E-state index contributed by atoms with van der Waals surface area (Å²) in [7, 11) is 0. The second kappa shape index (κ2) is 6.05. The molecule has 138 valence electrons. The molecule has 0 fully saturated rings. The number of allylic oxidation sites excluding steroid dienone is 1.